The Balaban J connectivity index is 1.53. The maximum atomic E-state index is 12.8. The molecule has 3 aromatic rings. The minimum atomic E-state index is -0.294. The van der Waals surface area contributed by atoms with Gasteiger partial charge in [-0.25, -0.2) is 9.37 Å². The standard InChI is InChI=1S/C14H12FN5OS/c15-11-4-2-10(3-5-11)8-17-12(21)9-22-14-19-18-13-16-6-1-7-20(13)14/h1-7H,8-9H2,(H,17,21). The van der Waals surface area contributed by atoms with E-state index in [0.717, 1.165) is 5.56 Å². The number of nitrogens with zero attached hydrogens (tertiary/aromatic N) is 4. The van der Waals surface area contributed by atoms with Gasteiger partial charge in [-0.2, -0.15) is 0 Å². The van der Waals surface area contributed by atoms with E-state index < -0.39 is 0 Å². The maximum absolute atomic E-state index is 12.8. The Morgan fingerprint density at radius 1 is 1.27 bits per heavy atom. The molecule has 0 fully saturated rings. The number of fused-ring (bicyclic) bond motifs is 1. The highest BCUT2D eigenvalue weighted by atomic mass is 32.2. The molecular weight excluding hydrogens is 305 g/mol. The van der Waals surface area contributed by atoms with Crippen molar-refractivity contribution in [1.82, 2.24) is 24.9 Å². The largest absolute Gasteiger partial charge is 0.351 e. The zero-order valence-electron chi connectivity index (χ0n) is 11.4. The second-order valence-electron chi connectivity index (χ2n) is 4.46. The molecule has 0 aliphatic heterocycles. The fourth-order valence-corrected chi connectivity index (χ4v) is 2.55. The number of thioether (sulfide) groups is 1. The Morgan fingerprint density at radius 3 is 2.91 bits per heavy atom. The summed E-state index contributed by atoms with van der Waals surface area (Å²) < 4.78 is 14.5. The summed E-state index contributed by atoms with van der Waals surface area (Å²) in [5, 5.41) is 11.3. The number of rotatable bonds is 5. The smallest absolute Gasteiger partial charge is 0.255 e. The van der Waals surface area contributed by atoms with Gasteiger partial charge in [0.25, 0.3) is 5.78 Å². The molecule has 22 heavy (non-hydrogen) atoms. The number of carbonyl (C=O) groups is 1. The van der Waals surface area contributed by atoms with Crippen LogP contribution >= 0.6 is 11.8 Å². The summed E-state index contributed by atoms with van der Waals surface area (Å²) >= 11 is 1.28. The molecule has 0 radical (unpaired) electrons. The fourth-order valence-electron chi connectivity index (χ4n) is 1.80. The number of carbonyl (C=O) groups excluding carboxylic acids is 1. The molecule has 0 spiro atoms. The zero-order chi connectivity index (χ0) is 15.4. The minimum Gasteiger partial charge on any atom is -0.351 e. The molecule has 2 heterocycles. The minimum absolute atomic E-state index is 0.130. The molecule has 8 heteroatoms. The van der Waals surface area contributed by atoms with Crippen LogP contribution in [0, 0.1) is 5.82 Å². The SMILES string of the molecule is O=C(CSc1nnc2ncccn12)NCc1ccc(F)cc1. The average molecular weight is 317 g/mol. The van der Waals surface area contributed by atoms with Crippen molar-refractivity contribution < 1.29 is 9.18 Å². The molecule has 6 nitrogen and oxygen atoms in total. The van der Waals surface area contributed by atoms with Crippen LogP contribution in [0.5, 0.6) is 0 Å². The molecule has 0 unspecified atom stereocenters. The van der Waals surface area contributed by atoms with E-state index in [1.807, 2.05) is 0 Å². The molecule has 0 bridgehead atoms. The third kappa shape index (κ3) is 3.40. The lowest BCUT2D eigenvalue weighted by molar-refractivity contribution is -0.118. The molecule has 0 aliphatic rings. The van der Waals surface area contributed by atoms with Crippen LogP contribution in [0.1, 0.15) is 5.56 Å². The van der Waals surface area contributed by atoms with Gasteiger partial charge in [0.05, 0.1) is 5.75 Å². The Bertz CT molecular complexity index is 789. The number of benzene rings is 1. The van der Waals surface area contributed by atoms with Gasteiger partial charge in [-0.15, -0.1) is 10.2 Å². The van der Waals surface area contributed by atoms with E-state index in [1.165, 1.54) is 23.9 Å². The second-order valence-corrected chi connectivity index (χ2v) is 5.41. The van der Waals surface area contributed by atoms with E-state index in [2.05, 4.69) is 20.5 Å². The molecule has 3 rings (SSSR count). The van der Waals surface area contributed by atoms with Gasteiger partial charge in [0.1, 0.15) is 5.82 Å². The second kappa shape index (κ2) is 6.52. The van der Waals surface area contributed by atoms with E-state index in [9.17, 15) is 9.18 Å². The summed E-state index contributed by atoms with van der Waals surface area (Å²) in [5.74, 6) is 0.293. The molecule has 2 aromatic heterocycles. The third-order valence-corrected chi connectivity index (χ3v) is 3.84. The first kappa shape index (κ1) is 14.5. The van der Waals surface area contributed by atoms with Crippen molar-refractivity contribution in [2.24, 2.45) is 0 Å². The van der Waals surface area contributed by atoms with Crippen molar-refractivity contribution in [3.05, 3.63) is 54.1 Å². The van der Waals surface area contributed by atoms with Gasteiger partial charge in [-0.1, -0.05) is 23.9 Å². The van der Waals surface area contributed by atoms with Crippen LogP contribution in [-0.2, 0) is 11.3 Å². The number of amides is 1. The number of hydrogen-bond acceptors (Lipinski definition) is 5. The number of hydrogen-bond donors (Lipinski definition) is 1. The fraction of sp³-hybridized carbons (Fsp3) is 0.143. The van der Waals surface area contributed by atoms with Crippen LogP contribution in [-0.4, -0.2) is 31.2 Å². The average Bonchev–Trinajstić information content (AvgIpc) is 2.96. The molecule has 1 amide bonds. The summed E-state index contributed by atoms with van der Waals surface area (Å²) in [4.78, 5) is 15.9. The highest BCUT2D eigenvalue weighted by Crippen LogP contribution is 2.15. The highest BCUT2D eigenvalue weighted by Gasteiger charge is 2.09. The molecule has 0 saturated carbocycles. The first-order valence-electron chi connectivity index (χ1n) is 6.52. The van der Waals surface area contributed by atoms with Crippen molar-refractivity contribution in [3.8, 4) is 0 Å². The van der Waals surface area contributed by atoms with Gasteiger partial charge in [0.15, 0.2) is 5.16 Å². The van der Waals surface area contributed by atoms with Gasteiger partial charge in [0.2, 0.25) is 5.91 Å². The van der Waals surface area contributed by atoms with Crippen LogP contribution in [0.2, 0.25) is 0 Å². The molecule has 1 N–H and O–H groups in total. The monoisotopic (exact) mass is 317 g/mol. The van der Waals surface area contributed by atoms with Gasteiger partial charge >= 0.3 is 0 Å². The predicted octanol–water partition coefficient (Wildman–Crippen LogP) is 1.67. The van der Waals surface area contributed by atoms with Gasteiger partial charge in [-0.3, -0.25) is 9.20 Å². The van der Waals surface area contributed by atoms with Crippen LogP contribution in [0.25, 0.3) is 5.78 Å². The first-order valence-corrected chi connectivity index (χ1v) is 7.50. The molecule has 0 aliphatic carbocycles. The summed E-state index contributed by atoms with van der Waals surface area (Å²) in [6, 6.07) is 7.78. The van der Waals surface area contributed by atoms with Crippen molar-refractivity contribution in [2.75, 3.05) is 5.75 Å². The van der Waals surface area contributed by atoms with E-state index in [4.69, 9.17) is 0 Å². The van der Waals surface area contributed by atoms with Crippen molar-refractivity contribution in [1.29, 1.82) is 0 Å². The van der Waals surface area contributed by atoms with E-state index in [1.54, 1.807) is 35.0 Å². The lowest BCUT2D eigenvalue weighted by Gasteiger charge is -2.04. The number of halogens is 1. The topological polar surface area (TPSA) is 72.2 Å². The Morgan fingerprint density at radius 2 is 2.09 bits per heavy atom. The first-order chi connectivity index (χ1) is 10.7. The van der Waals surface area contributed by atoms with Crippen LogP contribution in [0.15, 0.2) is 47.9 Å². The third-order valence-electron chi connectivity index (χ3n) is 2.89. The lowest BCUT2D eigenvalue weighted by Crippen LogP contribution is -2.24. The van der Waals surface area contributed by atoms with E-state index in [-0.39, 0.29) is 17.5 Å². The molecule has 1 aromatic carbocycles. The normalized spacial score (nSPS) is 10.8. The Kier molecular flexibility index (Phi) is 4.29. The Hall–Kier alpha value is -2.48. The van der Waals surface area contributed by atoms with E-state index in [0.29, 0.717) is 17.5 Å². The Labute approximate surface area is 129 Å². The van der Waals surface area contributed by atoms with E-state index >= 15 is 0 Å². The van der Waals surface area contributed by atoms with Gasteiger partial charge in [-0.05, 0) is 23.8 Å². The van der Waals surface area contributed by atoms with Gasteiger partial charge in [0, 0.05) is 18.9 Å². The molecule has 112 valence electrons. The summed E-state index contributed by atoms with van der Waals surface area (Å²) in [6.45, 7) is 0.363. The van der Waals surface area contributed by atoms with Crippen LogP contribution < -0.4 is 5.32 Å². The van der Waals surface area contributed by atoms with Crippen LogP contribution in [0.3, 0.4) is 0 Å². The predicted molar refractivity (Wildman–Crippen MR) is 79.8 cm³/mol. The molecule has 0 saturated heterocycles. The number of nitrogens with one attached hydrogen (secondary N) is 1. The van der Waals surface area contributed by atoms with Crippen LogP contribution in [0.4, 0.5) is 4.39 Å². The van der Waals surface area contributed by atoms with Crippen molar-refractivity contribution in [3.63, 3.8) is 0 Å². The number of aromatic nitrogens is 4. The van der Waals surface area contributed by atoms with Crippen molar-refractivity contribution >= 4 is 23.4 Å². The summed E-state index contributed by atoms with van der Waals surface area (Å²) in [5.41, 5.74) is 0.844. The zero-order valence-corrected chi connectivity index (χ0v) is 12.3. The summed E-state index contributed by atoms with van der Waals surface area (Å²) in [6.07, 6.45) is 3.43. The highest BCUT2D eigenvalue weighted by molar-refractivity contribution is 7.99. The molecular formula is C14H12FN5OS. The van der Waals surface area contributed by atoms with Gasteiger partial charge < -0.3 is 5.32 Å². The lowest BCUT2D eigenvalue weighted by atomic mass is 10.2. The quantitative estimate of drug-likeness (QED) is 0.725. The van der Waals surface area contributed by atoms with Crippen molar-refractivity contribution in [2.45, 2.75) is 11.7 Å². The summed E-state index contributed by atoms with van der Waals surface area (Å²) in [7, 11) is 0. The maximum Gasteiger partial charge on any atom is 0.255 e. The molecule has 0 atom stereocenters.